The molecular weight excluding hydrogens is 505 g/mol. The third-order valence-corrected chi connectivity index (χ3v) is 10.00. The van der Waals surface area contributed by atoms with E-state index in [1.54, 1.807) is 0 Å². The van der Waals surface area contributed by atoms with Crippen LogP contribution in [0.3, 0.4) is 0 Å². The summed E-state index contributed by atoms with van der Waals surface area (Å²) in [7, 11) is 1.47. The summed E-state index contributed by atoms with van der Waals surface area (Å²) in [6.07, 6.45) is 1.12. The minimum Gasteiger partial charge on any atom is -0.469 e. The van der Waals surface area contributed by atoms with Gasteiger partial charge in [-0.1, -0.05) is 11.9 Å². The summed E-state index contributed by atoms with van der Waals surface area (Å²) in [5, 5.41) is 3.37. The highest BCUT2D eigenvalue weighted by Gasteiger charge is 2.59. The van der Waals surface area contributed by atoms with Gasteiger partial charge in [-0.25, -0.2) is 9.29 Å². The number of hydrogen-bond acceptors (Lipinski definition) is 7. The van der Waals surface area contributed by atoms with Crippen molar-refractivity contribution in [2.45, 2.75) is 62.9 Å². The van der Waals surface area contributed by atoms with Crippen LogP contribution in [-0.2, 0) is 20.5 Å². The predicted molar refractivity (Wildman–Crippen MR) is 135 cm³/mol. The molecule has 5 fully saturated rings. The smallest absolute Gasteiger partial charge is 0.417 e. The first-order valence-electron chi connectivity index (χ1n) is 13.0. The zero-order valence-electron chi connectivity index (χ0n) is 21.5. The van der Waals surface area contributed by atoms with Gasteiger partial charge < -0.3 is 15.0 Å². The number of rotatable bonds is 6. The van der Waals surface area contributed by atoms with Crippen molar-refractivity contribution in [2.24, 2.45) is 23.2 Å². The normalized spacial score (nSPS) is 31.9. The second-order valence-electron chi connectivity index (χ2n) is 11.7. The van der Waals surface area contributed by atoms with E-state index in [4.69, 9.17) is 4.74 Å². The molecule has 2 atom stereocenters. The van der Waals surface area contributed by atoms with Gasteiger partial charge in [0, 0.05) is 38.4 Å². The fraction of sp³-hybridized carbons (Fsp3) is 0.731. The number of piperazine rings is 1. The average molecular weight is 541 g/mol. The number of nitrogens with one attached hydrogen (secondary N) is 1. The van der Waals surface area contributed by atoms with E-state index in [-0.39, 0.29) is 23.3 Å². The summed E-state index contributed by atoms with van der Waals surface area (Å²) in [4.78, 5) is 32.0. The number of ether oxygens (including phenoxy) is 1. The molecule has 4 aliphatic carbocycles. The predicted octanol–water partition coefficient (Wildman–Crippen LogP) is 4.13. The van der Waals surface area contributed by atoms with E-state index in [1.165, 1.54) is 25.1 Å². The van der Waals surface area contributed by atoms with Gasteiger partial charge in [-0.05, 0) is 75.8 Å². The molecule has 0 aromatic carbocycles. The monoisotopic (exact) mass is 540 g/mol. The van der Waals surface area contributed by atoms with Crippen molar-refractivity contribution in [2.75, 3.05) is 38.2 Å². The largest absolute Gasteiger partial charge is 0.469 e. The summed E-state index contributed by atoms with van der Waals surface area (Å²) in [5.41, 5.74) is -1.11. The quantitative estimate of drug-likeness (QED) is 0.430. The molecule has 0 radical (unpaired) electrons. The highest BCUT2D eigenvalue weighted by molar-refractivity contribution is 7.99. The van der Waals surface area contributed by atoms with Crippen LogP contribution >= 0.6 is 11.9 Å². The molecule has 2 unspecified atom stereocenters. The molecule has 11 heteroatoms. The average Bonchev–Trinajstić information content (AvgIpc) is 2.85. The molecule has 204 valence electrons. The standard InChI is InChI=1S/C26H35F3N4O3S/c1-24(2,37-33-8-6-32(7-9-33)20-5-4-19(15-30-20)26(27,28)29)22(34)31-21-17-10-16-11-18(21)14-25(12-16,13-17)23(35)36-3/h4-5,15-18,21H,6-14H2,1-3H3,(H,31,34). The van der Waals surface area contributed by atoms with E-state index in [9.17, 15) is 22.8 Å². The molecule has 4 saturated carbocycles. The molecule has 7 nitrogen and oxygen atoms in total. The van der Waals surface area contributed by atoms with E-state index in [0.717, 1.165) is 44.4 Å². The maximum absolute atomic E-state index is 13.4. The Kier molecular flexibility index (Phi) is 6.92. The van der Waals surface area contributed by atoms with E-state index in [0.29, 0.717) is 49.8 Å². The topological polar surface area (TPSA) is 74.8 Å². The van der Waals surface area contributed by atoms with Crippen molar-refractivity contribution in [1.82, 2.24) is 14.6 Å². The maximum Gasteiger partial charge on any atom is 0.417 e. The number of nitrogens with zero attached hydrogens (tertiary/aromatic N) is 3. The fourth-order valence-electron chi connectivity index (χ4n) is 7.17. The molecule has 1 aromatic rings. The van der Waals surface area contributed by atoms with E-state index >= 15 is 0 Å². The molecular formula is C26H35F3N4O3S. The number of aromatic nitrogens is 1. The van der Waals surface area contributed by atoms with Crippen LogP contribution in [0.15, 0.2) is 18.3 Å². The Balaban J connectivity index is 1.15. The van der Waals surface area contributed by atoms with Crippen LogP contribution < -0.4 is 10.2 Å². The molecule has 0 spiro atoms. The SMILES string of the molecule is COC(=O)C12CC3CC(C1)C(NC(=O)C(C)(C)SN1CCN(c4ccc(C(F)(F)F)cn4)CC1)C(C3)C2. The van der Waals surface area contributed by atoms with Crippen LogP contribution in [0.25, 0.3) is 0 Å². The Morgan fingerprint density at radius 1 is 1.08 bits per heavy atom. The second-order valence-corrected chi connectivity index (χ2v) is 13.4. The number of halogens is 3. The summed E-state index contributed by atoms with van der Waals surface area (Å²) in [6, 6.07) is 2.58. The Morgan fingerprint density at radius 3 is 2.27 bits per heavy atom. The van der Waals surface area contributed by atoms with Crippen molar-refractivity contribution in [3.05, 3.63) is 23.9 Å². The number of alkyl halides is 3. The number of methoxy groups -OCH3 is 1. The number of esters is 1. The van der Waals surface area contributed by atoms with Gasteiger partial charge in [-0.3, -0.25) is 9.59 Å². The van der Waals surface area contributed by atoms with Gasteiger partial charge in [0.25, 0.3) is 0 Å². The zero-order chi connectivity index (χ0) is 26.6. The van der Waals surface area contributed by atoms with E-state index in [2.05, 4.69) is 14.6 Å². The van der Waals surface area contributed by atoms with E-state index < -0.39 is 16.5 Å². The molecule has 2 heterocycles. The summed E-state index contributed by atoms with van der Waals surface area (Å²) >= 11 is 1.52. The lowest BCUT2D eigenvalue weighted by Crippen LogP contribution is -2.62. The maximum atomic E-state index is 13.4. The van der Waals surface area contributed by atoms with Gasteiger partial charge >= 0.3 is 12.1 Å². The third-order valence-electron chi connectivity index (χ3n) is 8.73. The number of amides is 1. The van der Waals surface area contributed by atoms with Crippen LogP contribution in [0.4, 0.5) is 19.0 Å². The van der Waals surface area contributed by atoms with Crippen molar-refractivity contribution in [1.29, 1.82) is 0 Å². The van der Waals surface area contributed by atoms with Gasteiger partial charge in [0.15, 0.2) is 0 Å². The lowest BCUT2D eigenvalue weighted by molar-refractivity contribution is -0.171. The first kappa shape index (κ1) is 26.6. The first-order valence-corrected chi connectivity index (χ1v) is 13.8. The van der Waals surface area contributed by atoms with Crippen molar-refractivity contribution < 1.29 is 27.5 Å². The third kappa shape index (κ3) is 5.17. The minimum atomic E-state index is -4.40. The van der Waals surface area contributed by atoms with Crippen LogP contribution in [-0.4, -0.2) is 65.2 Å². The van der Waals surface area contributed by atoms with Crippen LogP contribution in [0, 0.1) is 23.2 Å². The van der Waals surface area contributed by atoms with Crippen molar-refractivity contribution >= 4 is 29.6 Å². The Labute approximate surface area is 220 Å². The van der Waals surface area contributed by atoms with Gasteiger partial charge in [0.2, 0.25) is 5.91 Å². The Bertz CT molecular complexity index is 1010. The van der Waals surface area contributed by atoms with Gasteiger partial charge in [-0.2, -0.15) is 13.2 Å². The Morgan fingerprint density at radius 2 is 1.73 bits per heavy atom. The van der Waals surface area contributed by atoms with Gasteiger partial charge in [-0.15, -0.1) is 0 Å². The number of hydrogen-bond donors (Lipinski definition) is 1. The van der Waals surface area contributed by atoms with Gasteiger partial charge in [0.05, 0.1) is 18.1 Å². The molecule has 4 bridgehead atoms. The fourth-order valence-corrected chi connectivity index (χ4v) is 8.30. The van der Waals surface area contributed by atoms with Crippen LogP contribution in [0.2, 0.25) is 0 Å². The number of pyridine rings is 1. The molecule has 1 saturated heterocycles. The highest BCUT2D eigenvalue weighted by atomic mass is 32.2. The number of carbonyl (C=O) groups is 2. The van der Waals surface area contributed by atoms with Gasteiger partial charge in [0.1, 0.15) is 10.6 Å². The molecule has 5 aliphatic rings. The number of carbonyl (C=O) groups excluding carboxylic acids is 2. The molecule has 37 heavy (non-hydrogen) atoms. The molecule has 1 amide bonds. The minimum absolute atomic E-state index is 0.00827. The molecule has 6 rings (SSSR count). The summed E-state index contributed by atoms with van der Waals surface area (Å²) in [6.45, 7) is 6.44. The van der Waals surface area contributed by atoms with Crippen molar-refractivity contribution in [3.63, 3.8) is 0 Å². The zero-order valence-corrected chi connectivity index (χ0v) is 22.3. The lowest BCUT2D eigenvalue weighted by Gasteiger charge is -2.58. The van der Waals surface area contributed by atoms with Crippen LogP contribution in [0.5, 0.6) is 0 Å². The van der Waals surface area contributed by atoms with E-state index in [1.807, 2.05) is 18.7 Å². The van der Waals surface area contributed by atoms with Crippen LogP contribution in [0.1, 0.15) is 51.5 Å². The Hall–Kier alpha value is -2.01. The first-order chi connectivity index (χ1) is 17.4. The molecule has 1 N–H and O–H groups in total. The summed E-state index contributed by atoms with van der Waals surface area (Å²) < 4.78 is 45.1. The van der Waals surface area contributed by atoms with Crippen molar-refractivity contribution in [3.8, 4) is 0 Å². The molecule has 1 aromatic heterocycles. The lowest BCUT2D eigenvalue weighted by atomic mass is 9.48. The summed E-state index contributed by atoms with van der Waals surface area (Å²) in [5.74, 6) is 1.63. The number of anilines is 1. The second kappa shape index (κ2) is 9.63. The highest BCUT2D eigenvalue weighted by Crippen LogP contribution is 2.60. The molecule has 1 aliphatic heterocycles.